The van der Waals surface area contributed by atoms with Crippen molar-refractivity contribution < 1.29 is 19.1 Å². The molecule has 0 aliphatic heterocycles. The van der Waals surface area contributed by atoms with Crippen LogP contribution < -0.4 is 5.32 Å². The molecule has 3 aromatic rings. The molecule has 0 aliphatic carbocycles. The average Bonchev–Trinajstić information content (AvgIpc) is 3.10. The fourth-order valence-electron chi connectivity index (χ4n) is 2.64. The van der Waals surface area contributed by atoms with Gasteiger partial charge in [-0.05, 0) is 17.7 Å². The molecule has 27 heavy (non-hydrogen) atoms. The number of aromatic nitrogens is 1. The molecular weight excluding hydrogens is 344 g/mol. The number of amides is 1. The summed E-state index contributed by atoms with van der Waals surface area (Å²) in [5.41, 5.74) is 1.98. The SMILES string of the molecule is CC(=O)N/C(=C\c1ccccc1)C(=O)OCC(=O)c1c[nH]c2ccccc12. The number of rotatable bonds is 6. The van der Waals surface area contributed by atoms with Crippen LogP contribution in [0.1, 0.15) is 22.8 Å². The first-order chi connectivity index (χ1) is 13.0. The van der Waals surface area contributed by atoms with Crippen LogP contribution in [0.15, 0.2) is 66.5 Å². The predicted molar refractivity (Wildman–Crippen MR) is 102 cm³/mol. The molecule has 0 radical (unpaired) electrons. The second kappa shape index (κ2) is 8.14. The van der Waals surface area contributed by atoms with Gasteiger partial charge in [-0.1, -0.05) is 48.5 Å². The first-order valence-corrected chi connectivity index (χ1v) is 8.35. The second-order valence-electron chi connectivity index (χ2n) is 5.90. The van der Waals surface area contributed by atoms with Gasteiger partial charge in [0.15, 0.2) is 6.61 Å². The zero-order chi connectivity index (χ0) is 19.2. The molecular formula is C21H18N2O4. The molecule has 3 rings (SSSR count). The number of nitrogens with one attached hydrogen (secondary N) is 2. The highest BCUT2D eigenvalue weighted by molar-refractivity contribution is 6.09. The number of fused-ring (bicyclic) bond motifs is 1. The van der Waals surface area contributed by atoms with Gasteiger partial charge in [-0.25, -0.2) is 4.79 Å². The van der Waals surface area contributed by atoms with Crippen LogP contribution in [0.3, 0.4) is 0 Å². The Labute approximate surface area is 155 Å². The van der Waals surface area contributed by atoms with E-state index in [1.165, 1.54) is 13.0 Å². The van der Waals surface area contributed by atoms with Crippen molar-refractivity contribution in [2.75, 3.05) is 6.61 Å². The molecule has 0 saturated carbocycles. The number of ketones is 1. The van der Waals surface area contributed by atoms with Crippen LogP contribution in [0.2, 0.25) is 0 Å². The van der Waals surface area contributed by atoms with Gasteiger partial charge < -0.3 is 15.0 Å². The number of esters is 1. The lowest BCUT2D eigenvalue weighted by atomic mass is 10.1. The van der Waals surface area contributed by atoms with E-state index in [-0.39, 0.29) is 11.5 Å². The minimum Gasteiger partial charge on any atom is -0.453 e. The van der Waals surface area contributed by atoms with Gasteiger partial charge in [0.1, 0.15) is 5.70 Å². The fraction of sp³-hybridized carbons (Fsp3) is 0.0952. The van der Waals surface area contributed by atoms with Gasteiger partial charge in [0, 0.05) is 29.6 Å². The molecule has 0 saturated heterocycles. The highest BCUT2D eigenvalue weighted by atomic mass is 16.5. The van der Waals surface area contributed by atoms with Crippen molar-refractivity contribution in [1.82, 2.24) is 10.3 Å². The number of hydrogen-bond donors (Lipinski definition) is 2. The van der Waals surface area contributed by atoms with Gasteiger partial charge in [0.25, 0.3) is 0 Å². The van der Waals surface area contributed by atoms with E-state index in [4.69, 9.17) is 4.74 Å². The predicted octanol–water partition coefficient (Wildman–Crippen LogP) is 3.07. The summed E-state index contributed by atoms with van der Waals surface area (Å²) >= 11 is 0. The molecule has 136 valence electrons. The quantitative estimate of drug-likeness (QED) is 0.401. The minimum absolute atomic E-state index is 0.0274. The van der Waals surface area contributed by atoms with E-state index < -0.39 is 18.5 Å². The summed E-state index contributed by atoms with van der Waals surface area (Å²) in [5.74, 6) is -1.51. The second-order valence-corrected chi connectivity index (χ2v) is 5.90. The van der Waals surface area contributed by atoms with E-state index in [0.717, 1.165) is 16.5 Å². The lowest BCUT2D eigenvalue weighted by Crippen LogP contribution is -2.27. The zero-order valence-electron chi connectivity index (χ0n) is 14.7. The summed E-state index contributed by atoms with van der Waals surface area (Å²) < 4.78 is 5.13. The maximum absolute atomic E-state index is 12.4. The number of carbonyl (C=O) groups is 3. The molecule has 2 aromatic carbocycles. The van der Waals surface area contributed by atoms with Gasteiger partial charge in [0.05, 0.1) is 0 Å². The molecule has 0 bridgehead atoms. The number of H-pyrrole nitrogens is 1. The summed E-state index contributed by atoms with van der Waals surface area (Å²) in [4.78, 5) is 39.2. The molecule has 6 heteroatoms. The van der Waals surface area contributed by atoms with Crippen molar-refractivity contribution in [2.45, 2.75) is 6.92 Å². The average molecular weight is 362 g/mol. The summed E-state index contributed by atoms with van der Waals surface area (Å²) in [6, 6.07) is 16.4. The van der Waals surface area contributed by atoms with E-state index in [1.807, 2.05) is 42.5 Å². The third-order valence-electron chi connectivity index (χ3n) is 3.87. The number of para-hydroxylation sites is 1. The number of ether oxygens (including phenoxy) is 1. The summed E-state index contributed by atoms with van der Waals surface area (Å²) in [6.45, 7) is 0.871. The molecule has 0 aliphatic rings. The Morgan fingerprint density at radius 3 is 2.48 bits per heavy atom. The van der Waals surface area contributed by atoms with E-state index in [0.29, 0.717) is 5.56 Å². The molecule has 0 spiro atoms. The molecule has 0 unspecified atom stereocenters. The fourth-order valence-corrected chi connectivity index (χ4v) is 2.64. The first-order valence-electron chi connectivity index (χ1n) is 8.35. The molecule has 0 atom stereocenters. The Morgan fingerprint density at radius 1 is 1.04 bits per heavy atom. The largest absolute Gasteiger partial charge is 0.453 e. The lowest BCUT2D eigenvalue weighted by molar-refractivity contribution is -0.139. The molecule has 0 fully saturated rings. The number of Topliss-reactive ketones (excluding diaryl/α,β-unsaturated/α-hetero) is 1. The number of aromatic amines is 1. The Balaban J connectivity index is 1.73. The number of hydrogen-bond acceptors (Lipinski definition) is 4. The van der Waals surface area contributed by atoms with Crippen LogP contribution in [0.25, 0.3) is 17.0 Å². The summed E-state index contributed by atoms with van der Waals surface area (Å²) in [7, 11) is 0. The van der Waals surface area contributed by atoms with E-state index >= 15 is 0 Å². The number of benzene rings is 2. The van der Waals surface area contributed by atoms with Crippen molar-refractivity contribution in [3.8, 4) is 0 Å². The molecule has 1 amide bonds. The lowest BCUT2D eigenvalue weighted by Gasteiger charge is -2.08. The van der Waals surface area contributed by atoms with Crippen molar-refractivity contribution in [1.29, 1.82) is 0 Å². The van der Waals surface area contributed by atoms with Gasteiger partial charge in [-0.3, -0.25) is 9.59 Å². The highest BCUT2D eigenvalue weighted by Gasteiger charge is 2.17. The van der Waals surface area contributed by atoms with Gasteiger partial charge in [0.2, 0.25) is 11.7 Å². The summed E-state index contributed by atoms with van der Waals surface area (Å²) in [6.07, 6.45) is 3.09. The monoisotopic (exact) mass is 362 g/mol. The van der Waals surface area contributed by atoms with Crippen molar-refractivity contribution >= 4 is 34.6 Å². The van der Waals surface area contributed by atoms with Crippen LogP contribution in [0.4, 0.5) is 0 Å². The van der Waals surface area contributed by atoms with Gasteiger partial charge in [-0.15, -0.1) is 0 Å². The van der Waals surface area contributed by atoms with Crippen molar-refractivity contribution in [3.63, 3.8) is 0 Å². The van der Waals surface area contributed by atoms with E-state index in [2.05, 4.69) is 10.3 Å². The van der Waals surface area contributed by atoms with Crippen LogP contribution in [-0.2, 0) is 14.3 Å². The van der Waals surface area contributed by atoms with E-state index in [9.17, 15) is 14.4 Å². The van der Waals surface area contributed by atoms with Crippen molar-refractivity contribution in [2.24, 2.45) is 0 Å². The molecule has 1 heterocycles. The Hall–Kier alpha value is -3.67. The van der Waals surface area contributed by atoms with Crippen LogP contribution in [0, 0.1) is 0 Å². The van der Waals surface area contributed by atoms with Gasteiger partial charge in [-0.2, -0.15) is 0 Å². The Bertz CT molecular complexity index is 1020. The number of carbonyl (C=O) groups excluding carboxylic acids is 3. The van der Waals surface area contributed by atoms with Crippen LogP contribution >= 0.6 is 0 Å². The van der Waals surface area contributed by atoms with Gasteiger partial charge >= 0.3 is 5.97 Å². The maximum Gasteiger partial charge on any atom is 0.355 e. The third-order valence-corrected chi connectivity index (χ3v) is 3.87. The smallest absolute Gasteiger partial charge is 0.355 e. The highest BCUT2D eigenvalue weighted by Crippen LogP contribution is 2.18. The normalized spacial score (nSPS) is 11.2. The van der Waals surface area contributed by atoms with Crippen molar-refractivity contribution in [3.05, 3.63) is 77.6 Å². The molecule has 2 N–H and O–H groups in total. The third kappa shape index (κ3) is 4.49. The Kier molecular flexibility index (Phi) is 5.47. The zero-order valence-corrected chi connectivity index (χ0v) is 14.7. The van der Waals surface area contributed by atoms with Crippen LogP contribution in [0.5, 0.6) is 0 Å². The molecule has 1 aromatic heterocycles. The molecule has 6 nitrogen and oxygen atoms in total. The standard InChI is InChI=1S/C21H18N2O4/c1-14(24)23-19(11-15-7-3-2-4-8-15)21(26)27-13-20(25)17-12-22-18-10-6-5-9-16(17)18/h2-12,22H,13H2,1H3,(H,23,24)/b19-11-. The minimum atomic E-state index is -0.776. The Morgan fingerprint density at radius 2 is 1.74 bits per heavy atom. The first kappa shape index (κ1) is 18.1. The topological polar surface area (TPSA) is 88.3 Å². The maximum atomic E-state index is 12.4. The van der Waals surface area contributed by atoms with Crippen LogP contribution in [-0.4, -0.2) is 29.3 Å². The summed E-state index contributed by atoms with van der Waals surface area (Å²) in [5, 5.41) is 3.21. The van der Waals surface area contributed by atoms with E-state index in [1.54, 1.807) is 18.3 Å².